The maximum Gasteiger partial charge on any atom is 0.203 e. The molecule has 94 valence electrons. The minimum absolute atomic E-state index is 0.201. The fraction of sp³-hybridized carbons (Fsp3) is 0.286. The molecule has 0 saturated heterocycles. The van der Waals surface area contributed by atoms with Crippen LogP contribution in [0.15, 0.2) is 43.4 Å². The molecule has 0 aliphatic carbocycles. The number of anilines is 1. The smallest absolute Gasteiger partial charge is 0.203 e. The van der Waals surface area contributed by atoms with E-state index in [1.54, 1.807) is 6.20 Å². The summed E-state index contributed by atoms with van der Waals surface area (Å²) in [6, 6.07) is 4.23. The van der Waals surface area contributed by atoms with E-state index in [1.807, 2.05) is 31.5 Å². The molecule has 2 aromatic rings. The number of nitrogens with one attached hydrogen (secondary N) is 1. The van der Waals surface area contributed by atoms with Gasteiger partial charge < -0.3 is 9.88 Å². The SMILES string of the molecule is C=CCNc1nc(C)cn1C(C)c1cccnc1. The van der Waals surface area contributed by atoms with Gasteiger partial charge in [0.15, 0.2) is 0 Å². The summed E-state index contributed by atoms with van der Waals surface area (Å²) in [6.45, 7) is 8.54. The molecule has 0 radical (unpaired) electrons. The summed E-state index contributed by atoms with van der Waals surface area (Å²) in [5.74, 6) is 0.865. The largest absolute Gasteiger partial charge is 0.352 e. The number of nitrogens with zero attached hydrogens (tertiary/aromatic N) is 3. The number of pyridine rings is 1. The molecule has 18 heavy (non-hydrogen) atoms. The van der Waals surface area contributed by atoms with E-state index in [2.05, 4.69) is 39.4 Å². The number of hydrogen-bond acceptors (Lipinski definition) is 3. The molecule has 0 spiro atoms. The predicted molar refractivity (Wildman–Crippen MR) is 73.7 cm³/mol. The monoisotopic (exact) mass is 242 g/mol. The van der Waals surface area contributed by atoms with Crippen LogP contribution in [-0.4, -0.2) is 21.1 Å². The Kier molecular flexibility index (Phi) is 3.77. The van der Waals surface area contributed by atoms with Crippen LogP contribution in [0.4, 0.5) is 5.95 Å². The van der Waals surface area contributed by atoms with Crippen LogP contribution < -0.4 is 5.32 Å². The lowest BCUT2D eigenvalue weighted by atomic mass is 10.1. The maximum atomic E-state index is 4.48. The Morgan fingerprint density at radius 2 is 2.39 bits per heavy atom. The minimum atomic E-state index is 0.201. The quantitative estimate of drug-likeness (QED) is 0.820. The third kappa shape index (κ3) is 2.59. The number of aryl methyl sites for hydroxylation is 1. The zero-order valence-corrected chi connectivity index (χ0v) is 10.8. The molecule has 0 fully saturated rings. The maximum absolute atomic E-state index is 4.48. The molecule has 2 rings (SSSR count). The average Bonchev–Trinajstić information content (AvgIpc) is 2.77. The van der Waals surface area contributed by atoms with Gasteiger partial charge in [-0.05, 0) is 25.5 Å². The van der Waals surface area contributed by atoms with Crippen LogP contribution in [0.3, 0.4) is 0 Å². The highest BCUT2D eigenvalue weighted by molar-refractivity contribution is 5.32. The van der Waals surface area contributed by atoms with E-state index in [0.717, 1.165) is 17.2 Å². The summed E-state index contributed by atoms with van der Waals surface area (Å²) in [6.07, 6.45) is 7.54. The molecular formula is C14H18N4. The Balaban J connectivity index is 2.29. The van der Waals surface area contributed by atoms with Crippen molar-refractivity contribution in [3.8, 4) is 0 Å². The molecule has 4 nitrogen and oxygen atoms in total. The van der Waals surface area contributed by atoms with E-state index < -0.39 is 0 Å². The lowest BCUT2D eigenvalue weighted by molar-refractivity contribution is 0.642. The van der Waals surface area contributed by atoms with E-state index in [-0.39, 0.29) is 6.04 Å². The van der Waals surface area contributed by atoms with E-state index in [9.17, 15) is 0 Å². The van der Waals surface area contributed by atoms with Crippen molar-refractivity contribution in [2.75, 3.05) is 11.9 Å². The third-order valence-electron chi connectivity index (χ3n) is 2.84. The van der Waals surface area contributed by atoms with Gasteiger partial charge in [0, 0.05) is 25.1 Å². The van der Waals surface area contributed by atoms with Crippen LogP contribution in [-0.2, 0) is 0 Å². The Morgan fingerprint density at radius 3 is 3.06 bits per heavy atom. The number of imidazole rings is 1. The summed E-state index contributed by atoms with van der Waals surface area (Å²) in [7, 11) is 0. The Bertz CT molecular complexity index is 516. The summed E-state index contributed by atoms with van der Waals surface area (Å²) >= 11 is 0. The first-order valence-corrected chi connectivity index (χ1v) is 6.02. The molecule has 0 saturated carbocycles. The highest BCUT2D eigenvalue weighted by atomic mass is 15.2. The molecule has 2 aromatic heterocycles. The standard InChI is InChI=1S/C14H18N4/c1-4-7-16-14-17-11(2)10-18(14)12(3)13-6-5-8-15-9-13/h4-6,8-10,12H,1,7H2,2-3H3,(H,16,17). The van der Waals surface area contributed by atoms with Crippen LogP contribution in [0, 0.1) is 6.92 Å². The van der Waals surface area contributed by atoms with Crippen LogP contribution in [0.5, 0.6) is 0 Å². The van der Waals surface area contributed by atoms with Crippen LogP contribution in [0.1, 0.15) is 24.2 Å². The molecule has 0 aliphatic heterocycles. The summed E-state index contributed by atoms with van der Waals surface area (Å²) in [5, 5.41) is 3.25. The van der Waals surface area contributed by atoms with Crippen molar-refractivity contribution in [3.05, 3.63) is 54.6 Å². The first-order valence-electron chi connectivity index (χ1n) is 6.02. The fourth-order valence-electron chi connectivity index (χ4n) is 1.89. The molecule has 1 atom stereocenters. The molecule has 2 heterocycles. The average molecular weight is 242 g/mol. The summed E-state index contributed by atoms with van der Waals surface area (Å²) < 4.78 is 2.12. The van der Waals surface area contributed by atoms with Crippen LogP contribution in [0.25, 0.3) is 0 Å². The lowest BCUT2D eigenvalue weighted by Crippen LogP contribution is -2.11. The van der Waals surface area contributed by atoms with Crippen LogP contribution >= 0.6 is 0 Å². The van der Waals surface area contributed by atoms with Crippen molar-refractivity contribution in [1.29, 1.82) is 0 Å². The van der Waals surface area contributed by atoms with Gasteiger partial charge in [-0.15, -0.1) is 6.58 Å². The number of hydrogen-bond donors (Lipinski definition) is 1. The molecular weight excluding hydrogens is 224 g/mol. The molecule has 1 N–H and O–H groups in total. The van der Waals surface area contributed by atoms with Gasteiger partial charge in [0.2, 0.25) is 5.95 Å². The second-order valence-electron chi connectivity index (χ2n) is 4.25. The zero-order valence-electron chi connectivity index (χ0n) is 10.8. The van der Waals surface area contributed by atoms with E-state index >= 15 is 0 Å². The minimum Gasteiger partial charge on any atom is -0.352 e. The Morgan fingerprint density at radius 1 is 1.56 bits per heavy atom. The molecule has 0 amide bonds. The van der Waals surface area contributed by atoms with Crippen molar-refractivity contribution >= 4 is 5.95 Å². The van der Waals surface area contributed by atoms with Crippen molar-refractivity contribution in [1.82, 2.24) is 14.5 Å². The molecule has 0 aliphatic rings. The highest BCUT2D eigenvalue weighted by Crippen LogP contribution is 2.21. The van der Waals surface area contributed by atoms with E-state index in [4.69, 9.17) is 0 Å². The number of aromatic nitrogens is 3. The van der Waals surface area contributed by atoms with Gasteiger partial charge >= 0.3 is 0 Å². The summed E-state index contributed by atoms with van der Waals surface area (Å²) in [5.41, 5.74) is 2.16. The van der Waals surface area contributed by atoms with Gasteiger partial charge in [-0.1, -0.05) is 12.1 Å². The second-order valence-corrected chi connectivity index (χ2v) is 4.25. The van der Waals surface area contributed by atoms with Crippen molar-refractivity contribution in [2.24, 2.45) is 0 Å². The third-order valence-corrected chi connectivity index (χ3v) is 2.84. The van der Waals surface area contributed by atoms with E-state index in [1.165, 1.54) is 0 Å². The molecule has 0 bridgehead atoms. The predicted octanol–water partition coefficient (Wildman–Crippen LogP) is 2.79. The van der Waals surface area contributed by atoms with E-state index in [0.29, 0.717) is 6.54 Å². The van der Waals surface area contributed by atoms with Crippen molar-refractivity contribution in [2.45, 2.75) is 19.9 Å². The first-order chi connectivity index (χ1) is 8.72. The van der Waals surface area contributed by atoms with Gasteiger partial charge in [0.25, 0.3) is 0 Å². The second kappa shape index (κ2) is 5.49. The Hall–Kier alpha value is -2.10. The summed E-state index contributed by atoms with van der Waals surface area (Å²) in [4.78, 5) is 8.64. The molecule has 4 heteroatoms. The van der Waals surface area contributed by atoms with Gasteiger partial charge in [-0.3, -0.25) is 4.98 Å². The molecule has 0 aromatic carbocycles. The molecule has 1 unspecified atom stereocenters. The lowest BCUT2D eigenvalue weighted by Gasteiger charge is -2.16. The first kappa shape index (κ1) is 12.4. The van der Waals surface area contributed by atoms with Gasteiger partial charge in [0.05, 0.1) is 11.7 Å². The zero-order chi connectivity index (χ0) is 13.0. The highest BCUT2D eigenvalue weighted by Gasteiger charge is 2.13. The normalized spacial score (nSPS) is 12.1. The number of rotatable bonds is 5. The van der Waals surface area contributed by atoms with Gasteiger partial charge in [-0.25, -0.2) is 4.98 Å². The van der Waals surface area contributed by atoms with Crippen LogP contribution in [0.2, 0.25) is 0 Å². The van der Waals surface area contributed by atoms with Gasteiger partial charge in [0.1, 0.15) is 0 Å². The topological polar surface area (TPSA) is 42.7 Å². The van der Waals surface area contributed by atoms with Crippen molar-refractivity contribution in [3.63, 3.8) is 0 Å². The Labute approximate surface area is 107 Å². The van der Waals surface area contributed by atoms with Crippen molar-refractivity contribution < 1.29 is 0 Å². The van der Waals surface area contributed by atoms with Gasteiger partial charge in [-0.2, -0.15) is 0 Å². The fourth-order valence-corrected chi connectivity index (χ4v) is 1.89.